The van der Waals surface area contributed by atoms with Gasteiger partial charge in [0.1, 0.15) is 18.0 Å². The van der Waals surface area contributed by atoms with Crippen LogP contribution in [0.1, 0.15) is 0 Å². The zero-order chi connectivity index (χ0) is 19.2. The molecule has 2 heterocycles. The Morgan fingerprint density at radius 3 is 2.57 bits per heavy atom. The first-order valence-electron chi connectivity index (χ1n) is 9.01. The van der Waals surface area contributed by atoms with E-state index in [1.807, 2.05) is 77.6 Å². The Labute approximate surface area is 162 Å². The lowest BCUT2D eigenvalue weighted by molar-refractivity contribution is 0.252. The molecule has 7 heteroatoms. The number of carbonyl (C=O) groups is 1. The molecule has 0 saturated carbocycles. The van der Waals surface area contributed by atoms with Crippen LogP contribution >= 0.6 is 0 Å². The number of rotatable bonds is 6. The Balaban J connectivity index is 1.26. The van der Waals surface area contributed by atoms with Crippen LogP contribution in [0.4, 0.5) is 16.3 Å². The molecular weight excluding hydrogens is 352 g/mol. The summed E-state index contributed by atoms with van der Waals surface area (Å²) in [5.41, 5.74) is 0.760. The van der Waals surface area contributed by atoms with E-state index in [1.165, 1.54) is 6.33 Å². The molecule has 2 aromatic carbocycles. The van der Waals surface area contributed by atoms with Gasteiger partial charge in [-0.25, -0.2) is 14.8 Å². The predicted molar refractivity (Wildman–Crippen MR) is 111 cm³/mol. The summed E-state index contributed by atoms with van der Waals surface area (Å²) in [7, 11) is 0. The SMILES string of the molecule is O=C(NCCNc1cc(-n2cccc2)ncn1)Nc1ccc2ccccc2c1. The number of hydrogen-bond acceptors (Lipinski definition) is 4. The van der Waals surface area contributed by atoms with Crippen molar-refractivity contribution >= 4 is 28.3 Å². The van der Waals surface area contributed by atoms with E-state index in [0.717, 1.165) is 22.3 Å². The molecule has 0 saturated heterocycles. The maximum absolute atomic E-state index is 12.1. The molecule has 7 nitrogen and oxygen atoms in total. The minimum absolute atomic E-state index is 0.243. The number of benzene rings is 2. The highest BCUT2D eigenvalue weighted by Crippen LogP contribution is 2.18. The molecule has 0 spiro atoms. The Bertz CT molecular complexity index is 1080. The number of carbonyl (C=O) groups excluding carboxylic acids is 1. The highest BCUT2D eigenvalue weighted by molar-refractivity contribution is 5.93. The molecule has 0 aliphatic carbocycles. The lowest BCUT2D eigenvalue weighted by Gasteiger charge is -2.10. The minimum Gasteiger partial charge on any atom is -0.368 e. The maximum atomic E-state index is 12.1. The Kier molecular flexibility index (Phi) is 5.15. The van der Waals surface area contributed by atoms with E-state index < -0.39 is 0 Å². The third kappa shape index (κ3) is 4.27. The lowest BCUT2D eigenvalue weighted by Crippen LogP contribution is -2.32. The fraction of sp³-hybridized carbons (Fsp3) is 0.0952. The van der Waals surface area contributed by atoms with Crippen LogP contribution in [-0.2, 0) is 0 Å². The van der Waals surface area contributed by atoms with Gasteiger partial charge in [0.05, 0.1) is 0 Å². The predicted octanol–water partition coefficient (Wildman–Crippen LogP) is 3.65. The molecule has 0 aliphatic heterocycles. The smallest absolute Gasteiger partial charge is 0.319 e. The summed E-state index contributed by atoms with van der Waals surface area (Å²) in [4.78, 5) is 20.5. The first-order valence-corrected chi connectivity index (χ1v) is 9.01. The van der Waals surface area contributed by atoms with E-state index in [0.29, 0.717) is 18.9 Å². The molecule has 140 valence electrons. The van der Waals surface area contributed by atoms with Crippen LogP contribution in [0.5, 0.6) is 0 Å². The van der Waals surface area contributed by atoms with Gasteiger partial charge in [-0.3, -0.25) is 0 Å². The fourth-order valence-corrected chi connectivity index (χ4v) is 2.88. The van der Waals surface area contributed by atoms with Crippen molar-refractivity contribution in [1.29, 1.82) is 0 Å². The first-order chi connectivity index (χ1) is 13.8. The van der Waals surface area contributed by atoms with Crippen molar-refractivity contribution in [1.82, 2.24) is 19.9 Å². The summed E-state index contributed by atoms with van der Waals surface area (Å²) in [6.45, 7) is 1.01. The molecule has 2 amide bonds. The largest absolute Gasteiger partial charge is 0.368 e. The van der Waals surface area contributed by atoms with Crippen molar-refractivity contribution in [3.63, 3.8) is 0 Å². The molecule has 0 atom stereocenters. The van der Waals surface area contributed by atoms with Gasteiger partial charge in [-0.1, -0.05) is 30.3 Å². The van der Waals surface area contributed by atoms with Crippen molar-refractivity contribution in [2.75, 3.05) is 23.7 Å². The average molecular weight is 372 g/mol. The number of nitrogens with zero attached hydrogens (tertiary/aromatic N) is 3. The van der Waals surface area contributed by atoms with Crippen LogP contribution in [0.25, 0.3) is 16.6 Å². The van der Waals surface area contributed by atoms with Gasteiger partial charge in [0.25, 0.3) is 0 Å². The highest BCUT2D eigenvalue weighted by Gasteiger charge is 2.03. The van der Waals surface area contributed by atoms with Crippen LogP contribution in [0.2, 0.25) is 0 Å². The Morgan fingerprint density at radius 2 is 1.71 bits per heavy atom. The number of anilines is 2. The zero-order valence-corrected chi connectivity index (χ0v) is 15.2. The number of fused-ring (bicyclic) bond motifs is 1. The first kappa shape index (κ1) is 17.5. The van der Waals surface area contributed by atoms with Gasteiger partial charge in [-0.2, -0.15) is 0 Å². The molecule has 28 heavy (non-hydrogen) atoms. The molecule has 0 fully saturated rings. The summed E-state index contributed by atoms with van der Waals surface area (Å²) in [6, 6.07) is 19.4. The van der Waals surface area contributed by atoms with E-state index in [-0.39, 0.29) is 6.03 Å². The summed E-state index contributed by atoms with van der Waals surface area (Å²) in [5.74, 6) is 1.49. The van der Waals surface area contributed by atoms with Crippen LogP contribution < -0.4 is 16.0 Å². The van der Waals surface area contributed by atoms with Crippen LogP contribution in [-0.4, -0.2) is 33.7 Å². The van der Waals surface area contributed by atoms with Gasteiger partial charge in [0, 0.05) is 37.2 Å². The highest BCUT2D eigenvalue weighted by atomic mass is 16.2. The van der Waals surface area contributed by atoms with Crippen molar-refractivity contribution in [2.24, 2.45) is 0 Å². The summed E-state index contributed by atoms with van der Waals surface area (Å²) >= 11 is 0. The Morgan fingerprint density at radius 1 is 0.893 bits per heavy atom. The molecule has 4 rings (SSSR count). The topological polar surface area (TPSA) is 83.9 Å². The molecule has 4 aromatic rings. The number of amides is 2. The minimum atomic E-state index is -0.243. The molecule has 0 radical (unpaired) electrons. The van der Waals surface area contributed by atoms with Crippen LogP contribution in [0.3, 0.4) is 0 Å². The number of hydrogen-bond donors (Lipinski definition) is 3. The fourth-order valence-electron chi connectivity index (χ4n) is 2.88. The number of urea groups is 1. The summed E-state index contributed by atoms with van der Waals surface area (Å²) < 4.78 is 1.90. The van der Waals surface area contributed by atoms with Crippen molar-refractivity contribution in [3.05, 3.63) is 79.4 Å². The second-order valence-corrected chi connectivity index (χ2v) is 6.22. The van der Waals surface area contributed by atoms with Gasteiger partial charge >= 0.3 is 6.03 Å². The van der Waals surface area contributed by atoms with Gasteiger partial charge < -0.3 is 20.5 Å². The second-order valence-electron chi connectivity index (χ2n) is 6.22. The lowest BCUT2D eigenvalue weighted by atomic mass is 10.1. The van der Waals surface area contributed by atoms with Gasteiger partial charge in [-0.05, 0) is 35.0 Å². The summed E-state index contributed by atoms with van der Waals surface area (Å²) in [5, 5.41) is 11.1. The molecule has 0 bridgehead atoms. The van der Waals surface area contributed by atoms with Gasteiger partial charge in [-0.15, -0.1) is 0 Å². The monoisotopic (exact) mass is 372 g/mol. The van der Waals surface area contributed by atoms with E-state index in [9.17, 15) is 4.79 Å². The van der Waals surface area contributed by atoms with E-state index in [4.69, 9.17) is 0 Å². The molecule has 3 N–H and O–H groups in total. The molecule has 0 aliphatic rings. The quantitative estimate of drug-likeness (QED) is 0.451. The Hall–Kier alpha value is -3.87. The summed E-state index contributed by atoms with van der Waals surface area (Å²) in [6.07, 6.45) is 5.35. The second kappa shape index (κ2) is 8.22. The molecule has 0 unspecified atom stereocenters. The third-order valence-electron chi connectivity index (χ3n) is 4.25. The normalized spacial score (nSPS) is 10.6. The van der Waals surface area contributed by atoms with Crippen molar-refractivity contribution in [2.45, 2.75) is 0 Å². The zero-order valence-electron chi connectivity index (χ0n) is 15.2. The van der Waals surface area contributed by atoms with Gasteiger partial charge in [0.2, 0.25) is 0 Å². The standard InChI is InChI=1S/C21H20N6O/c28-21(26-18-8-7-16-5-1-2-6-17(16)13-18)23-10-9-22-19-14-20(25-15-24-19)27-11-3-4-12-27/h1-8,11-15H,9-10H2,(H,22,24,25)(H2,23,26,28). The van der Waals surface area contributed by atoms with E-state index in [2.05, 4.69) is 25.9 Å². The van der Waals surface area contributed by atoms with Gasteiger partial charge in [0.15, 0.2) is 0 Å². The molecular formula is C21H20N6O. The third-order valence-corrected chi connectivity index (χ3v) is 4.25. The molecule has 2 aromatic heterocycles. The van der Waals surface area contributed by atoms with Crippen molar-refractivity contribution < 1.29 is 4.79 Å². The van der Waals surface area contributed by atoms with E-state index in [1.54, 1.807) is 0 Å². The average Bonchev–Trinajstić information content (AvgIpc) is 3.26. The number of nitrogens with one attached hydrogen (secondary N) is 3. The van der Waals surface area contributed by atoms with Crippen LogP contribution in [0, 0.1) is 0 Å². The van der Waals surface area contributed by atoms with E-state index >= 15 is 0 Å². The van der Waals surface area contributed by atoms with Crippen molar-refractivity contribution in [3.8, 4) is 5.82 Å². The van der Waals surface area contributed by atoms with Crippen LogP contribution in [0.15, 0.2) is 79.4 Å². The number of aromatic nitrogens is 3. The maximum Gasteiger partial charge on any atom is 0.319 e.